The van der Waals surface area contributed by atoms with Gasteiger partial charge in [-0.2, -0.15) is 0 Å². The first-order chi connectivity index (χ1) is 13.3. The number of nitro benzene ring substituents is 2. The second kappa shape index (κ2) is 7.15. The number of aryl methyl sites for hydroxylation is 1. The summed E-state index contributed by atoms with van der Waals surface area (Å²) in [6.45, 7) is 1.69. The molecule has 0 bridgehead atoms. The third-order valence-corrected chi connectivity index (χ3v) is 3.94. The molecule has 28 heavy (non-hydrogen) atoms. The van der Waals surface area contributed by atoms with Crippen molar-refractivity contribution in [3.05, 3.63) is 90.6 Å². The van der Waals surface area contributed by atoms with Crippen LogP contribution in [-0.4, -0.2) is 25.3 Å². The molecule has 0 radical (unpaired) electrons. The first-order valence-corrected chi connectivity index (χ1v) is 7.89. The molecule has 0 saturated heterocycles. The monoisotopic (exact) mass is 383 g/mol. The molecule has 2 N–H and O–H groups in total. The molecule has 1 heterocycles. The Kier molecular flexibility index (Phi) is 4.73. The van der Waals surface area contributed by atoms with Crippen molar-refractivity contribution in [2.24, 2.45) is 0 Å². The number of nitro groups is 2. The summed E-state index contributed by atoms with van der Waals surface area (Å²) in [5.74, 6) is -0.791. The predicted molar refractivity (Wildman–Crippen MR) is 98.8 cm³/mol. The van der Waals surface area contributed by atoms with Gasteiger partial charge in [0.2, 0.25) is 0 Å². The number of nitrogens with zero attached hydrogens (tertiary/aromatic N) is 3. The fourth-order valence-electron chi connectivity index (χ4n) is 2.66. The molecule has 0 fully saturated rings. The molecule has 3 rings (SSSR count). The topological polar surface area (TPSA) is 153 Å². The largest absolute Gasteiger partial charge is 0.330 e. The molecule has 11 nitrogen and oxygen atoms in total. The number of carbonyl (C=O) groups is 1. The number of para-hydroxylation sites is 2. The third kappa shape index (κ3) is 3.49. The molecule has 0 atom stereocenters. The zero-order valence-corrected chi connectivity index (χ0v) is 14.4. The molecule has 0 aliphatic carbocycles. The summed E-state index contributed by atoms with van der Waals surface area (Å²) >= 11 is 0. The number of anilines is 1. The number of aromatic nitrogens is 2. The Morgan fingerprint density at radius 3 is 2.21 bits per heavy atom. The van der Waals surface area contributed by atoms with Crippen molar-refractivity contribution < 1.29 is 14.6 Å². The number of hydrogen-bond acceptors (Lipinski definition) is 6. The molecular weight excluding hydrogens is 370 g/mol. The van der Waals surface area contributed by atoms with Crippen LogP contribution in [0.25, 0.3) is 5.69 Å². The van der Waals surface area contributed by atoms with Gasteiger partial charge in [-0.1, -0.05) is 12.1 Å². The van der Waals surface area contributed by atoms with Crippen molar-refractivity contribution in [1.82, 2.24) is 9.55 Å². The van der Waals surface area contributed by atoms with Crippen LogP contribution in [0.3, 0.4) is 0 Å². The highest BCUT2D eigenvalue weighted by Gasteiger charge is 2.21. The molecule has 142 valence electrons. The van der Waals surface area contributed by atoms with E-state index in [1.807, 2.05) is 0 Å². The zero-order valence-electron chi connectivity index (χ0n) is 14.4. The molecule has 0 spiro atoms. The average Bonchev–Trinajstić information content (AvgIpc) is 3.00. The van der Waals surface area contributed by atoms with Crippen LogP contribution >= 0.6 is 0 Å². The molecular formula is C17H13N5O6. The zero-order chi connectivity index (χ0) is 20.4. The van der Waals surface area contributed by atoms with Gasteiger partial charge in [0.1, 0.15) is 0 Å². The maximum Gasteiger partial charge on any atom is 0.330 e. The molecule has 1 aromatic heterocycles. The average molecular weight is 383 g/mol. The predicted octanol–water partition coefficient (Wildman–Crippen LogP) is 2.54. The number of hydrogen-bond donors (Lipinski definition) is 2. The van der Waals surface area contributed by atoms with Gasteiger partial charge < -0.3 is 10.3 Å². The van der Waals surface area contributed by atoms with Crippen LogP contribution < -0.4 is 11.0 Å². The van der Waals surface area contributed by atoms with Crippen LogP contribution in [-0.2, 0) is 0 Å². The lowest BCUT2D eigenvalue weighted by Gasteiger charge is -2.12. The van der Waals surface area contributed by atoms with Crippen LogP contribution in [0.2, 0.25) is 0 Å². The van der Waals surface area contributed by atoms with Crippen LogP contribution in [0.15, 0.2) is 53.5 Å². The SMILES string of the molecule is Cc1c[nH]c(=O)n1-c1ccccc1NC(=O)c1cc([N+](=O)[O-])cc([N+](=O)[O-])c1. The van der Waals surface area contributed by atoms with Gasteiger partial charge in [-0.15, -0.1) is 0 Å². The molecule has 3 aromatic rings. The second-order valence-corrected chi connectivity index (χ2v) is 5.79. The van der Waals surface area contributed by atoms with E-state index in [-0.39, 0.29) is 11.3 Å². The normalized spacial score (nSPS) is 10.5. The molecule has 2 aromatic carbocycles. The summed E-state index contributed by atoms with van der Waals surface area (Å²) in [5.41, 5.74) is -0.599. The number of imidazole rings is 1. The van der Waals surface area contributed by atoms with Crippen LogP contribution in [0.4, 0.5) is 17.1 Å². The van der Waals surface area contributed by atoms with E-state index in [1.54, 1.807) is 25.1 Å². The third-order valence-electron chi connectivity index (χ3n) is 3.94. The van der Waals surface area contributed by atoms with E-state index in [0.29, 0.717) is 11.4 Å². The lowest BCUT2D eigenvalue weighted by atomic mass is 10.1. The molecule has 0 unspecified atom stereocenters. The lowest BCUT2D eigenvalue weighted by molar-refractivity contribution is -0.394. The van der Waals surface area contributed by atoms with Crippen molar-refractivity contribution in [2.45, 2.75) is 6.92 Å². The Bertz CT molecular complexity index is 1130. The fourth-order valence-corrected chi connectivity index (χ4v) is 2.66. The second-order valence-electron chi connectivity index (χ2n) is 5.79. The maximum atomic E-state index is 12.6. The van der Waals surface area contributed by atoms with Gasteiger partial charge in [0.25, 0.3) is 17.3 Å². The number of non-ortho nitro benzene ring substituents is 2. The van der Waals surface area contributed by atoms with Crippen LogP contribution in [0.5, 0.6) is 0 Å². The Hall–Kier alpha value is -4.28. The van der Waals surface area contributed by atoms with Crippen molar-refractivity contribution in [3.63, 3.8) is 0 Å². The van der Waals surface area contributed by atoms with Gasteiger partial charge in [-0.25, -0.2) is 4.79 Å². The van der Waals surface area contributed by atoms with E-state index >= 15 is 0 Å². The number of rotatable bonds is 5. The van der Waals surface area contributed by atoms with Crippen LogP contribution in [0.1, 0.15) is 16.1 Å². The minimum atomic E-state index is -0.819. The van der Waals surface area contributed by atoms with Gasteiger partial charge in [0.15, 0.2) is 0 Å². The Morgan fingerprint density at radius 2 is 1.68 bits per heavy atom. The van der Waals surface area contributed by atoms with E-state index in [9.17, 15) is 29.8 Å². The van der Waals surface area contributed by atoms with Crippen LogP contribution in [0, 0.1) is 27.2 Å². The van der Waals surface area contributed by atoms with E-state index < -0.39 is 32.8 Å². The Labute approximate surface area is 156 Å². The molecule has 11 heteroatoms. The number of H-pyrrole nitrogens is 1. The number of amides is 1. The summed E-state index contributed by atoms with van der Waals surface area (Å²) in [6.07, 6.45) is 1.50. The van der Waals surface area contributed by atoms with Gasteiger partial charge in [0.05, 0.1) is 32.9 Å². The maximum absolute atomic E-state index is 12.6. The van der Waals surface area contributed by atoms with E-state index in [2.05, 4.69) is 10.3 Å². The first kappa shape index (κ1) is 18.5. The number of aromatic amines is 1. The minimum Gasteiger partial charge on any atom is -0.320 e. The van der Waals surface area contributed by atoms with Crippen molar-refractivity contribution in [2.75, 3.05) is 5.32 Å². The summed E-state index contributed by atoms with van der Waals surface area (Å²) in [7, 11) is 0. The lowest BCUT2D eigenvalue weighted by Crippen LogP contribution is -2.19. The summed E-state index contributed by atoms with van der Waals surface area (Å²) in [6, 6.07) is 9.10. The Balaban J connectivity index is 2.03. The first-order valence-electron chi connectivity index (χ1n) is 7.89. The molecule has 0 aliphatic heterocycles. The van der Waals surface area contributed by atoms with E-state index in [4.69, 9.17) is 0 Å². The van der Waals surface area contributed by atoms with Gasteiger partial charge in [-0.05, 0) is 19.1 Å². The van der Waals surface area contributed by atoms with Gasteiger partial charge in [-0.3, -0.25) is 29.6 Å². The van der Waals surface area contributed by atoms with Gasteiger partial charge >= 0.3 is 5.69 Å². The van der Waals surface area contributed by atoms with E-state index in [1.165, 1.54) is 16.8 Å². The highest BCUT2D eigenvalue weighted by Crippen LogP contribution is 2.25. The minimum absolute atomic E-state index is 0.256. The Morgan fingerprint density at radius 1 is 1.07 bits per heavy atom. The quantitative estimate of drug-likeness (QED) is 0.510. The molecule has 0 saturated carbocycles. The highest BCUT2D eigenvalue weighted by atomic mass is 16.6. The van der Waals surface area contributed by atoms with Crippen molar-refractivity contribution in [1.29, 1.82) is 0 Å². The highest BCUT2D eigenvalue weighted by molar-refractivity contribution is 6.06. The number of nitrogens with one attached hydrogen (secondary N) is 2. The van der Waals surface area contributed by atoms with Crippen molar-refractivity contribution in [3.8, 4) is 5.69 Å². The number of carbonyl (C=O) groups excluding carboxylic acids is 1. The molecule has 0 aliphatic rings. The standard InChI is InChI=1S/C17H13N5O6/c1-10-9-18-17(24)20(10)15-5-3-2-4-14(15)19-16(23)11-6-12(21(25)26)8-13(7-11)22(27)28/h2-9H,1H3,(H,18,24)(H,19,23). The summed E-state index contributed by atoms with van der Waals surface area (Å²) < 4.78 is 1.34. The molecule has 1 amide bonds. The number of benzene rings is 2. The van der Waals surface area contributed by atoms with Crippen molar-refractivity contribution >= 4 is 23.0 Å². The smallest absolute Gasteiger partial charge is 0.320 e. The fraction of sp³-hybridized carbons (Fsp3) is 0.0588. The summed E-state index contributed by atoms with van der Waals surface area (Å²) in [5, 5.41) is 24.6. The summed E-state index contributed by atoms with van der Waals surface area (Å²) in [4.78, 5) is 47.5. The van der Waals surface area contributed by atoms with Gasteiger partial charge in [0, 0.05) is 24.0 Å². The van der Waals surface area contributed by atoms with E-state index in [0.717, 1.165) is 18.2 Å².